The second kappa shape index (κ2) is 3.96. The zero-order valence-corrected chi connectivity index (χ0v) is 7.58. The van der Waals surface area contributed by atoms with Gasteiger partial charge >= 0.3 is 0 Å². The van der Waals surface area contributed by atoms with Gasteiger partial charge in [-0.2, -0.15) is 0 Å². The van der Waals surface area contributed by atoms with Gasteiger partial charge in [0.1, 0.15) is 11.5 Å². The molecule has 0 aliphatic rings. The number of pyridine rings is 1. The van der Waals surface area contributed by atoms with Gasteiger partial charge in [-0.15, -0.1) is 11.6 Å². The third-order valence-corrected chi connectivity index (χ3v) is 1.83. The summed E-state index contributed by atoms with van der Waals surface area (Å²) in [5, 5.41) is 0. The van der Waals surface area contributed by atoms with Crippen LogP contribution in [0.4, 0.5) is 13.2 Å². The molecule has 1 aromatic rings. The van der Waals surface area contributed by atoms with Crippen LogP contribution in [0.3, 0.4) is 0 Å². The molecule has 1 heterocycles. The van der Waals surface area contributed by atoms with Crippen molar-refractivity contribution in [1.29, 1.82) is 0 Å². The minimum absolute atomic E-state index is 0.128. The van der Waals surface area contributed by atoms with Gasteiger partial charge < -0.3 is 0 Å². The van der Waals surface area contributed by atoms with E-state index in [9.17, 15) is 13.2 Å². The van der Waals surface area contributed by atoms with Gasteiger partial charge in [-0.1, -0.05) is 0 Å². The Morgan fingerprint density at radius 2 is 2.15 bits per heavy atom. The van der Waals surface area contributed by atoms with E-state index >= 15 is 0 Å². The van der Waals surface area contributed by atoms with Crippen LogP contribution >= 0.6 is 11.6 Å². The number of halogens is 4. The van der Waals surface area contributed by atoms with Gasteiger partial charge in [0.2, 0.25) is 0 Å². The van der Waals surface area contributed by atoms with Crippen molar-refractivity contribution in [3.8, 4) is 0 Å². The largest absolute Gasteiger partial charge is 0.280 e. The first kappa shape index (κ1) is 10.3. The zero-order chi connectivity index (χ0) is 10.0. The van der Waals surface area contributed by atoms with E-state index in [4.69, 9.17) is 11.6 Å². The Kier molecular flexibility index (Phi) is 3.14. The highest BCUT2D eigenvalue weighted by Gasteiger charge is 2.14. The van der Waals surface area contributed by atoms with Gasteiger partial charge in [-0.05, 0) is 18.6 Å². The van der Waals surface area contributed by atoms with E-state index in [-0.39, 0.29) is 17.1 Å². The lowest BCUT2D eigenvalue weighted by atomic mass is 10.2. The van der Waals surface area contributed by atoms with E-state index in [1.165, 1.54) is 6.92 Å². The average molecular weight is 210 g/mol. The van der Waals surface area contributed by atoms with Gasteiger partial charge in [0, 0.05) is 0 Å². The standard InChI is InChI=1S/C8H7ClF3N/c1-4-2-5(8(11)12)13-6(3-9)7(4)10/h2,8H,3H2,1H3. The molecule has 0 amide bonds. The van der Waals surface area contributed by atoms with Gasteiger partial charge in [-0.3, -0.25) is 0 Å². The van der Waals surface area contributed by atoms with Gasteiger partial charge in [0.25, 0.3) is 6.43 Å². The lowest BCUT2D eigenvalue weighted by molar-refractivity contribution is 0.145. The molecule has 0 saturated carbocycles. The molecule has 0 aromatic carbocycles. The van der Waals surface area contributed by atoms with E-state index in [2.05, 4.69) is 4.98 Å². The molecule has 0 aliphatic heterocycles. The van der Waals surface area contributed by atoms with Gasteiger partial charge in [-0.25, -0.2) is 18.2 Å². The molecule has 1 aromatic heterocycles. The van der Waals surface area contributed by atoms with Crippen molar-refractivity contribution in [1.82, 2.24) is 4.98 Å². The molecule has 0 unspecified atom stereocenters. The van der Waals surface area contributed by atoms with E-state index in [1.807, 2.05) is 0 Å². The maximum atomic E-state index is 13.1. The van der Waals surface area contributed by atoms with Crippen molar-refractivity contribution >= 4 is 11.6 Å². The number of nitrogens with zero attached hydrogens (tertiary/aromatic N) is 1. The Labute approximate surface area is 78.5 Å². The molecular weight excluding hydrogens is 203 g/mol. The van der Waals surface area contributed by atoms with Crippen molar-refractivity contribution in [3.05, 3.63) is 28.8 Å². The smallest absolute Gasteiger partial charge is 0.248 e. The Morgan fingerprint density at radius 1 is 1.54 bits per heavy atom. The third-order valence-electron chi connectivity index (χ3n) is 1.58. The normalized spacial score (nSPS) is 10.9. The predicted molar refractivity (Wildman–Crippen MR) is 43.4 cm³/mol. The minimum atomic E-state index is -2.69. The van der Waals surface area contributed by atoms with E-state index in [1.54, 1.807) is 0 Å². The molecule has 0 fully saturated rings. The van der Waals surface area contributed by atoms with Crippen LogP contribution in [-0.4, -0.2) is 4.98 Å². The molecule has 0 saturated heterocycles. The minimum Gasteiger partial charge on any atom is -0.248 e. The predicted octanol–water partition coefficient (Wildman–Crippen LogP) is 3.21. The molecule has 0 aliphatic carbocycles. The van der Waals surface area contributed by atoms with Crippen molar-refractivity contribution in [3.63, 3.8) is 0 Å². The fourth-order valence-corrected chi connectivity index (χ4v) is 1.13. The first-order chi connectivity index (χ1) is 6.06. The molecule has 0 atom stereocenters. The highest BCUT2D eigenvalue weighted by Crippen LogP contribution is 2.21. The summed E-state index contributed by atoms with van der Waals surface area (Å²) >= 11 is 5.33. The molecule has 0 bridgehead atoms. The first-order valence-electron chi connectivity index (χ1n) is 3.56. The van der Waals surface area contributed by atoms with E-state index in [0.717, 1.165) is 6.07 Å². The number of aryl methyl sites for hydroxylation is 1. The molecule has 1 rings (SSSR count). The topological polar surface area (TPSA) is 12.9 Å². The molecule has 1 nitrogen and oxygen atoms in total. The van der Waals surface area contributed by atoms with Crippen LogP contribution in [0.5, 0.6) is 0 Å². The Morgan fingerprint density at radius 3 is 2.62 bits per heavy atom. The van der Waals surface area contributed by atoms with Crippen molar-refractivity contribution < 1.29 is 13.2 Å². The Bertz CT molecular complexity index is 315. The van der Waals surface area contributed by atoms with E-state index in [0.29, 0.717) is 0 Å². The highest BCUT2D eigenvalue weighted by molar-refractivity contribution is 6.16. The van der Waals surface area contributed by atoms with Crippen LogP contribution in [0.25, 0.3) is 0 Å². The summed E-state index contributed by atoms with van der Waals surface area (Å²) < 4.78 is 37.4. The Balaban J connectivity index is 3.22. The second-order valence-corrected chi connectivity index (χ2v) is 2.83. The summed E-state index contributed by atoms with van der Waals surface area (Å²) in [6, 6.07) is 1.02. The van der Waals surface area contributed by atoms with Crippen LogP contribution in [-0.2, 0) is 5.88 Å². The fraction of sp³-hybridized carbons (Fsp3) is 0.375. The number of aromatic nitrogens is 1. The first-order valence-corrected chi connectivity index (χ1v) is 4.09. The van der Waals surface area contributed by atoms with Crippen molar-refractivity contribution in [2.75, 3.05) is 0 Å². The maximum absolute atomic E-state index is 13.1. The average Bonchev–Trinajstić information content (AvgIpc) is 2.09. The summed E-state index contributed by atoms with van der Waals surface area (Å²) in [6.45, 7) is 1.40. The Hall–Kier alpha value is -0.770. The highest BCUT2D eigenvalue weighted by atomic mass is 35.5. The van der Waals surface area contributed by atoms with E-state index < -0.39 is 17.9 Å². The summed E-state index contributed by atoms with van der Waals surface area (Å²) in [4.78, 5) is 3.39. The number of alkyl halides is 3. The third kappa shape index (κ3) is 2.12. The quantitative estimate of drug-likeness (QED) is 0.682. The molecule has 0 spiro atoms. The van der Waals surface area contributed by atoms with Crippen LogP contribution in [0, 0.1) is 12.7 Å². The van der Waals surface area contributed by atoms with Crippen LogP contribution in [0.15, 0.2) is 6.07 Å². The molecular formula is C8H7ClF3N. The molecule has 13 heavy (non-hydrogen) atoms. The van der Waals surface area contributed by atoms with Crippen molar-refractivity contribution in [2.45, 2.75) is 19.2 Å². The number of rotatable bonds is 2. The van der Waals surface area contributed by atoms with Crippen molar-refractivity contribution in [2.24, 2.45) is 0 Å². The summed E-state index contributed by atoms with van der Waals surface area (Å²) in [6.07, 6.45) is -2.69. The molecule has 0 N–H and O–H groups in total. The molecule has 5 heteroatoms. The lowest BCUT2D eigenvalue weighted by Gasteiger charge is -2.05. The van der Waals surface area contributed by atoms with Crippen LogP contribution in [0.2, 0.25) is 0 Å². The monoisotopic (exact) mass is 209 g/mol. The zero-order valence-electron chi connectivity index (χ0n) is 6.82. The maximum Gasteiger partial charge on any atom is 0.280 e. The van der Waals surface area contributed by atoms with Gasteiger partial charge in [0.15, 0.2) is 0 Å². The summed E-state index contributed by atoms with van der Waals surface area (Å²) in [7, 11) is 0. The fourth-order valence-electron chi connectivity index (χ4n) is 0.950. The summed E-state index contributed by atoms with van der Waals surface area (Å²) in [5.74, 6) is -0.813. The van der Waals surface area contributed by atoms with Crippen LogP contribution in [0.1, 0.15) is 23.4 Å². The van der Waals surface area contributed by atoms with Gasteiger partial charge in [0.05, 0.1) is 11.6 Å². The summed E-state index contributed by atoms with van der Waals surface area (Å²) in [5.41, 5.74) is -0.424. The lowest BCUT2D eigenvalue weighted by Crippen LogP contribution is -2.00. The molecule has 72 valence electrons. The number of hydrogen-bond acceptors (Lipinski definition) is 1. The van der Waals surface area contributed by atoms with Crippen LogP contribution < -0.4 is 0 Å². The second-order valence-electron chi connectivity index (χ2n) is 2.56. The SMILES string of the molecule is Cc1cc(C(F)F)nc(CCl)c1F. The number of hydrogen-bond donors (Lipinski definition) is 0. The molecule has 0 radical (unpaired) electrons.